The molecule has 1 amide bonds. The van der Waals surface area contributed by atoms with Crippen molar-refractivity contribution in [1.29, 1.82) is 0 Å². The summed E-state index contributed by atoms with van der Waals surface area (Å²) in [6.45, 7) is 5.82. The van der Waals surface area contributed by atoms with Gasteiger partial charge in [0.15, 0.2) is 0 Å². The molecule has 2 aromatic rings. The van der Waals surface area contributed by atoms with Gasteiger partial charge in [-0.3, -0.25) is 9.89 Å². The van der Waals surface area contributed by atoms with Crippen LogP contribution >= 0.6 is 11.6 Å². The first-order valence-electron chi connectivity index (χ1n) is 5.96. The van der Waals surface area contributed by atoms with Gasteiger partial charge in [-0.2, -0.15) is 0 Å². The van der Waals surface area contributed by atoms with Crippen molar-refractivity contribution in [2.45, 2.75) is 26.2 Å². The van der Waals surface area contributed by atoms with Crippen LogP contribution in [-0.4, -0.2) is 21.1 Å². The summed E-state index contributed by atoms with van der Waals surface area (Å²) in [5.74, 6) is -0.654. The first-order chi connectivity index (χ1) is 9.27. The predicted octanol–water partition coefficient (Wildman–Crippen LogP) is 3.15. The summed E-state index contributed by atoms with van der Waals surface area (Å²) in [6, 6.07) is 3.99. The van der Waals surface area contributed by atoms with Crippen molar-refractivity contribution in [3.8, 4) is 0 Å². The Morgan fingerprint density at radius 1 is 1.40 bits per heavy atom. The molecule has 1 heterocycles. The van der Waals surface area contributed by atoms with E-state index in [2.05, 4.69) is 20.5 Å². The van der Waals surface area contributed by atoms with Crippen molar-refractivity contribution in [2.75, 3.05) is 5.32 Å². The molecule has 1 aromatic carbocycles. The Balaban J connectivity index is 2.18. The minimum absolute atomic E-state index is 0.0292. The molecule has 0 radical (unpaired) electrons. The van der Waals surface area contributed by atoms with Gasteiger partial charge in [0.2, 0.25) is 5.82 Å². The standard InChI is InChI=1S/C13H14ClFN4O/c1-13(2,3)12-17-10(18-19-12)11(20)16-9-5-4-7(14)6-8(9)15/h4-6H,1-3H3,(H,16,20)(H,17,18,19). The molecule has 0 aliphatic carbocycles. The second-order valence-electron chi connectivity index (χ2n) is 5.34. The van der Waals surface area contributed by atoms with Crippen LogP contribution in [0.5, 0.6) is 0 Å². The second kappa shape index (κ2) is 5.20. The third-order valence-electron chi connectivity index (χ3n) is 2.58. The van der Waals surface area contributed by atoms with E-state index in [0.29, 0.717) is 5.82 Å². The van der Waals surface area contributed by atoms with Gasteiger partial charge in [-0.25, -0.2) is 9.37 Å². The SMILES string of the molecule is CC(C)(C)c1nc(C(=O)Nc2ccc(Cl)cc2F)n[nH]1. The van der Waals surface area contributed by atoms with Crippen LogP contribution in [0.3, 0.4) is 0 Å². The number of aromatic nitrogens is 3. The van der Waals surface area contributed by atoms with Crippen LogP contribution in [0.25, 0.3) is 0 Å². The lowest BCUT2D eigenvalue weighted by molar-refractivity contribution is 0.101. The third-order valence-corrected chi connectivity index (χ3v) is 2.81. The van der Waals surface area contributed by atoms with E-state index in [9.17, 15) is 9.18 Å². The topological polar surface area (TPSA) is 70.7 Å². The zero-order valence-corrected chi connectivity index (χ0v) is 12.0. The molecule has 20 heavy (non-hydrogen) atoms. The molecule has 0 unspecified atom stereocenters. The summed E-state index contributed by atoms with van der Waals surface area (Å²) in [7, 11) is 0. The van der Waals surface area contributed by atoms with Crippen LogP contribution < -0.4 is 5.32 Å². The van der Waals surface area contributed by atoms with Crippen LogP contribution in [-0.2, 0) is 5.41 Å². The van der Waals surface area contributed by atoms with E-state index in [1.807, 2.05) is 20.8 Å². The highest BCUT2D eigenvalue weighted by atomic mass is 35.5. The molecule has 0 saturated carbocycles. The monoisotopic (exact) mass is 296 g/mol. The summed E-state index contributed by atoms with van der Waals surface area (Å²) in [5.41, 5.74) is -0.224. The lowest BCUT2D eigenvalue weighted by Crippen LogP contribution is -2.16. The molecule has 0 aliphatic heterocycles. The number of nitrogens with one attached hydrogen (secondary N) is 2. The summed E-state index contributed by atoms with van der Waals surface area (Å²) in [4.78, 5) is 16.0. The van der Waals surface area contributed by atoms with E-state index in [-0.39, 0.29) is 21.9 Å². The summed E-state index contributed by atoms with van der Waals surface area (Å²) >= 11 is 5.64. The molecule has 106 valence electrons. The van der Waals surface area contributed by atoms with E-state index < -0.39 is 11.7 Å². The highest BCUT2D eigenvalue weighted by Gasteiger charge is 2.21. The van der Waals surface area contributed by atoms with Crippen LogP contribution in [0.1, 0.15) is 37.2 Å². The van der Waals surface area contributed by atoms with Gasteiger partial charge in [0.05, 0.1) is 5.69 Å². The Hall–Kier alpha value is -1.95. The first-order valence-corrected chi connectivity index (χ1v) is 6.34. The van der Waals surface area contributed by atoms with Crippen molar-refractivity contribution < 1.29 is 9.18 Å². The zero-order valence-electron chi connectivity index (χ0n) is 11.3. The number of carbonyl (C=O) groups excluding carboxylic acids is 1. The van der Waals surface area contributed by atoms with Crippen molar-refractivity contribution in [3.63, 3.8) is 0 Å². The van der Waals surface area contributed by atoms with E-state index in [1.165, 1.54) is 12.1 Å². The Bertz CT molecular complexity index is 648. The lowest BCUT2D eigenvalue weighted by Gasteiger charge is -2.12. The number of rotatable bonds is 2. The summed E-state index contributed by atoms with van der Waals surface area (Å²) in [5, 5.41) is 9.19. The quantitative estimate of drug-likeness (QED) is 0.894. The highest BCUT2D eigenvalue weighted by molar-refractivity contribution is 6.30. The van der Waals surface area contributed by atoms with Gasteiger partial charge in [0.25, 0.3) is 5.91 Å². The molecule has 0 atom stereocenters. The van der Waals surface area contributed by atoms with Gasteiger partial charge in [0.1, 0.15) is 11.6 Å². The van der Waals surface area contributed by atoms with Crippen LogP contribution in [0.15, 0.2) is 18.2 Å². The number of benzene rings is 1. The second-order valence-corrected chi connectivity index (χ2v) is 5.77. The molecular weight excluding hydrogens is 283 g/mol. The van der Waals surface area contributed by atoms with Crippen molar-refractivity contribution in [1.82, 2.24) is 15.2 Å². The largest absolute Gasteiger partial charge is 0.317 e. The van der Waals surface area contributed by atoms with Crippen LogP contribution in [0, 0.1) is 5.82 Å². The maximum absolute atomic E-state index is 13.6. The van der Waals surface area contributed by atoms with Crippen LogP contribution in [0.2, 0.25) is 5.02 Å². The molecule has 7 heteroatoms. The van der Waals surface area contributed by atoms with Gasteiger partial charge in [-0.15, -0.1) is 5.10 Å². The molecule has 0 spiro atoms. The Morgan fingerprint density at radius 3 is 2.65 bits per heavy atom. The molecule has 0 saturated heterocycles. The van der Waals surface area contributed by atoms with Crippen LogP contribution in [0.4, 0.5) is 10.1 Å². The van der Waals surface area contributed by atoms with Crippen molar-refractivity contribution in [2.24, 2.45) is 0 Å². The molecular formula is C13H14ClFN4O. The minimum Gasteiger partial charge on any atom is -0.317 e. The Morgan fingerprint density at radius 2 is 2.10 bits per heavy atom. The maximum atomic E-state index is 13.6. The van der Waals surface area contributed by atoms with Gasteiger partial charge < -0.3 is 5.32 Å². The first kappa shape index (κ1) is 14.5. The van der Waals surface area contributed by atoms with Gasteiger partial charge >= 0.3 is 0 Å². The smallest absolute Gasteiger partial charge is 0.295 e. The average Bonchev–Trinajstić information content (AvgIpc) is 2.82. The number of hydrogen-bond acceptors (Lipinski definition) is 3. The predicted molar refractivity (Wildman–Crippen MR) is 74.4 cm³/mol. The van der Waals surface area contributed by atoms with E-state index in [1.54, 1.807) is 0 Å². The Labute approximate surface area is 120 Å². The summed E-state index contributed by atoms with van der Waals surface area (Å²) in [6.07, 6.45) is 0. The lowest BCUT2D eigenvalue weighted by atomic mass is 9.96. The number of amides is 1. The maximum Gasteiger partial charge on any atom is 0.295 e. The number of aromatic amines is 1. The number of nitrogens with zero attached hydrogens (tertiary/aromatic N) is 2. The van der Waals surface area contributed by atoms with E-state index in [4.69, 9.17) is 11.6 Å². The highest BCUT2D eigenvalue weighted by Crippen LogP contribution is 2.20. The fourth-order valence-corrected chi connectivity index (χ4v) is 1.63. The fraction of sp³-hybridized carbons (Fsp3) is 0.308. The molecule has 1 aromatic heterocycles. The molecule has 5 nitrogen and oxygen atoms in total. The van der Waals surface area contributed by atoms with Gasteiger partial charge in [-0.05, 0) is 18.2 Å². The number of H-pyrrole nitrogens is 1. The molecule has 0 fully saturated rings. The van der Waals surface area contributed by atoms with E-state index in [0.717, 1.165) is 6.07 Å². The average molecular weight is 297 g/mol. The van der Waals surface area contributed by atoms with Crippen molar-refractivity contribution >= 4 is 23.2 Å². The zero-order chi connectivity index (χ0) is 14.9. The normalized spacial score (nSPS) is 11.4. The summed E-state index contributed by atoms with van der Waals surface area (Å²) < 4.78 is 13.6. The number of anilines is 1. The third kappa shape index (κ3) is 3.14. The molecule has 0 aliphatic rings. The van der Waals surface area contributed by atoms with E-state index >= 15 is 0 Å². The number of halogens is 2. The number of carbonyl (C=O) groups is 1. The molecule has 0 bridgehead atoms. The van der Waals surface area contributed by atoms with Gasteiger partial charge in [0, 0.05) is 10.4 Å². The minimum atomic E-state index is -0.613. The van der Waals surface area contributed by atoms with Crippen molar-refractivity contribution in [3.05, 3.63) is 40.7 Å². The Kier molecular flexibility index (Phi) is 3.76. The van der Waals surface area contributed by atoms with Gasteiger partial charge in [-0.1, -0.05) is 32.4 Å². The number of hydrogen-bond donors (Lipinski definition) is 2. The molecule has 2 rings (SSSR count). The fourth-order valence-electron chi connectivity index (χ4n) is 1.47. The molecule has 2 N–H and O–H groups in total.